The Labute approximate surface area is 215 Å². The number of nitrogens with zero attached hydrogens (tertiary/aromatic N) is 2. The molecule has 2 atom stereocenters. The quantitative estimate of drug-likeness (QED) is 0.330. The first-order valence-electron chi connectivity index (χ1n) is 11.6. The van der Waals surface area contributed by atoms with Crippen LogP contribution in [0.2, 0.25) is 0 Å². The molecule has 182 valence electrons. The van der Waals surface area contributed by atoms with E-state index in [9.17, 15) is 4.79 Å². The highest BCUT2D eigenvalue weighted by molar-refractivity contribution is 7.80. The van der Waals surface area contributed by atoms with Crippen LogP contribution in [0, 0.1) is 6.92 Å². The molecule has 1 saturated heterocycles. The van der Waals surface area contributed by atoms with E-state index in [0.29, 0.717) is 5.11 Å². The highest BCUT2D eigenvalue weighted by Crippen LogP contribution is 2.43. The Hall–Kier alpha value is -4.01. The third kappa shape index (κ3) is 4.73. The van der Waals surface area contributed by atoms with Crippen LogP contribution in [0.15, 0.2) is 89.5 Å². The molecule has 0 saturated carbocycles. The number of benzene rings is 2. The van der Waals surface area contributed by atoms with Gasteiger partial charge in [0.1, 0.15) is 24.2 Å². The zero-order valence-electron chi connectivity index (χ0n) is 20.0. The number of carbonyl (C=O) groups excluding carboxylic acids is 1. The summed E-state index contributed by atoms with van der Waals surface area (Å²) in [4.78, 5) is 18.7. The van der Waals surface area contributed by atoms with Gasteiger partial charge in [0.2, 0.25) is 5.91 Å². The van der Waals surface area contributed by atoms with Crippen molar-refractivity contribution in [2.24, 2.45) is 0 Å². The largest absolute Gasteiger partial charge is 0.459 e. The number of amides is 1. The molecule has 0 bridgehead atoms. The third-order valence-electron chi connectivity index (χ3n) is 6.11. The number of rotatable bonds is 7. The molecule has 4 aromatic rings. The lowest BCUT2D eigenvalue weighted by molar-refractivity contribution is -0.119. The van der Waals surface area contributed by atoms with E-state index in [-0.39, 0.29) is 24.6 Å². The molecule has 5 rings (SSSR count). The van der Waals surface area contributed by atoms with Gasteiger partial charge < -0.3 is 24.7 Å². The van der Waals surface area contributed by atoms with E-state index in [1.807, 2.05) is 85.8 Å². The predicted octanol–water partition coefficient (Wildman–Crippen LogP) is 5.41. The Morgan fingerprint density at radius 1 is 1.11 bits per heavy atom. The molecule has 2 N–H and O–H groups in total. The maximum atomic E-state index is 12.0. The molecule has 1 aliphatic heterocycles. The number of nitrogens with one attached hydrogen (secondary N) is 2. The van der Waals surface area contributed by atoms with Crippen molar-refractivity contribution in [1.82, 2.24) is 10.3 Å². The van der Waals surface area contributed by atoms with Gasteiger partial charge in [-0.15, -0.1) is 0 Å². The number of aryl methyl sites for hydroxylation is 1. The van der Waals surface area contributed by atoms with Gasteiger partial charge >= 0.3 is 0 Å². The number of furan rings is 1. The molecule has 2 aromatic heterocycles. The lowest BCUT2D eigenvalue weighted by Crippen LogP contribution is -2.29. The second-order valence-electron chi connectivity index (χ2n) is 8.55. The first-order chi connectivity index (χ1) is 17.5. The normalized spacial score (nSPS) is 17.2. The van der Waals surface area contributed by atoms with Crippen LogP contribution < -0.4 is 15.5 Å². The molecule has 36 heavy (non-hydrogen) atoms. The summed E-state index contributed by atoms with van der Waals surface area (Å²) in [5.74, 6) is 1.35. The minimum atomic E-state index is -0.266. The van der Waals surface area contributed by atoms with Crippen molar-refractivity contribution in [1.29, 1.82) is 0 Å². The summed E-state index contributed by atoms with van der Waals surface area (Å²) in [6.07, 6.45) is 1.78. The van der Waals surface area contributed by atoms with Crippen molar-refractivity contribution in [3.63, 3.8) is 0 Å². The highest BCUT2D eigenvalue weighted by Gasteiger charge is 2.42. The van der Waals surface area contributed by atoms with Crippen molar-refractivity contribution < 1.29 is 13.9 Å². The zero-order chi connectivity index (χ0) is 25.1. The fraction of sp³-hybridized carbons (Fsp3) is 0.179. The van der Waals surface area contributed by atoms with Crippen LogP contribution in [0.5, 0.6) is 0 Å². The van der Waals surface area contributed by atoms with E-state index >= 15 is 0 Å². The molecule has 0 aliphatic carbocycles. The van der Waals surface area contributed by atoms with Gasteiger partial charge in [0.15, 0.2) is 5.11 Å². The van der Waals surface area contributed by atoms with Gasteiger partial charge in [0, 0.05) is 30.2 Å². The van der Waals surface area contributed by atoms with Gasteiger partial charge in [-0.1, -0.05) is 36.4 Å². The van der Waals surface area contributed by atoms with Gasteiger partial charge in [-0.05, 0) is 67.2 Å². The Bertz CT molecular complexity index is 1370. The molecule has 1 aliphatic rings. The van der Waals surface area contributed by atoms with Crippen molar-refractivity contribution >= 4 is 34.6 Å². The van der Waals surface area contributed by atoms with Gasteiger partial charge in [0.05, 0.1) is 11.7 Å². The Morgan fingerprint density at radius 3 is 2.64 bits per heavy atom. The minimum absolute atomic E-state index is 0.00259. The maximum Gasteiger partial charge on any atom is 0.250 e. The summed E-state index contributed by atoms with van der Waals surface area (Å²) in [5.41, 5.74) is 4.39. The highest BCUT2D eigenvalue weighted by atomic mass is 32.1. The molecule has 2 aromatic carbocycles. The van der Waals surface area contributed by atoms with Gasteiger partial charge in [-0.25, -0.2) is 0 Å². The Kier molecular flexibility index (Phi) is 6.79. The van der Waals surface area contributed by atoms with Crippen molar-refractivity contribution in [3.8, 4) is 11.3 Å². The van der Waals surface area contributed by atoms with Gasteiger partial charge in [0.25, 0.3) is 0 Å². The summed E-state index contributed by atoms with van der Waals surface area (Å²) < 4.78 is 11.3. The first-order valence-corrected chi connectivity index (χ1v) is 12.0. The number of pyridine rings is 1. The Morgan fingerprint density at radius 2 is 1.92 bits per heavy atom. The van der Waals surface area contributed by atoms with Crippen molar-refractivity contribution in [3.05, 3.63) is 102 Å². The summed E-state index contributed by atoms with van der Waals surface area (Å²) in [6.45, 7) is 1.95. The van der Waals surface area contributed by atoms with Crippen LogP contribution in [0.1, 0.15) is 29.1 Å². The third-order valence-corrected chi connectivity index (χ3v) is 6.43. The molecule has 8 heteroatoms. The summed E-state index contributed by atoms with van der Waals surface area (Å²) in [6, 6.07) is 25.2. The summed E-state index contributed by atoms with van der Waals surface area (Å²) in [7, 11) is 1.49. The van der Waals surface area contributed by atoms with E-state index in [0.717, 1.165) is 39.7 Å². The van der Waals surface area contributed by atoms with Gasteiger partial charge in [-0.3, -0.25) is 9.78 Å². The molecule has 0 unspecified atom stereocenters. The zero-order valence-corrected chi connectivity index (χ0v) is 20.8. The molecule has 0 radical (unpaired) electrons. The van der Waals surface area contributed by atoms with Crippen LogP contribution in [0.25, 0.3) is 11.3 Å². The Balaban J connectivity index is 1.53. The van der Waals surface area contributed by atoms with Crippen LogP contribution in [0.4, 0.5) is 11.4 Å². The number of hydrogen-bond acceptors (Lipinski definition) is 5. The van der Waals surface area contributed by atoms with Crippen LogP contribution in [0.3, 0.4) is 0 Å². The van der Waals surface area contributed by atoms with Crippen LogP contribution >= 0.6 is 12.2 Å². The molecule has 1 fully saturated rings. The lowest BCUT2D eigenvalue weighted by Gasteiger charge is -2.26. The van der Waals surface area contributed by atoms with E-state index in [1.54, 1.807) is 6.20 Å². The van der Waals surface area contributed by atoms with E-state index in [1.165, 1.54) is 7.11 Å². The maximum absolute atomic E-state index is 12.0. The van der Waals surface area contributed by atoms with Gasteiger partial charge in [-0.2, -0.15) is 0 Å². The smallest absolute Gasteiger partial charge is 0.250 e. The average molecular weight is 499 g/mol. The number of hydrogen-bond donors (Lipinski definition) is 2. The molecule has 1 amide bonds. The minimum Gasteiger partial charge on any atom is -0.459 e. The molecule has 0 spiro atoms. The van der Waals surface area contributed by atoms with E-state index < -0.39 is 0 Å². The van der Waals surface area contributed by atoms with Crippen molar-refractivity contribution in [2.75, 3.05) is 23.9 Å². The number of thiocarbonyl (C=S) groups is 1. The van der Waals surface area contributed by atoms with E-state index in [4.69, 9.17) is 21.4 Å². The number of anilines is 2. The average Bonchev–Trinajstić information content (AvgIpc) is 3.51. The molecular weight excluding hydrogens is 472 g/mol. The topological polar surface area (TPSA) is 79.6 Å². The number of carbonyl (C=O) groups is 1. The van der Waals surface area contributed by atoms with Crippen LogP contribution in [-0.2, 0) is 9.53 Å². The number of aromatic nitrogens is 1. The molecular formula is C28H26N4O3S. The summed E-state index contributed by atoms with van der Waals surface area (Å²) >= 11 is 5.82. The standard InChI is InChI=1S/C28H26N4O3S/c1-18-16-20(11-12-21(18)30-25(33)17-34-2)32-27(26(31-28(32)36)22-10-6-7-15-29-22)24-14-13-23(35-24)19-8-4-3-5-9-19/h3-16,26-27H,17H2,1-2H3,(H,30,33)(H,31,36)/t26-,27-/m0/s1. The summed E-state index contributed by atoms with van der Waals surface area (Å²) in [5, 5.41) is 6.90. The fourth-order valence-electron chi connectivity index (χ4n) is 4.45. The number of ether oxygens (including phenoxy) is 1. The van der Waals surface area contributed by atoms with Crippen molar-refractivity contribution in [2.45, 2.75) is 19.0 Å². The molecule has 3 heterocycles. The second kappa shape index (κ2) is 10.3. The monoisotopic (exact) mass is 498 g/mol. The fourth-order valence-corrected chi connectivity index (χ4v) is 4.79. The number of methoxy groups -OCH3 is 1. The first kappa shape index (κ1) is 23.7. The SMILES string of the molecule is COCC(=O)Nc1ccc(N2C(=S)N[C@@H](c3ccccn3)[C@@H]2c2ccc(-c3ccccc3)o2)cc1C. The predicted molar refractivity (Wildman–Crippen MR) is 144 cm³/mol. The molecule has 7 nitrogen and oxygen atoms in total. The second-order valence-corrected chi connectivity index (χ2v) is 8.93. The van der Waals surface area contributed by atoms with E-state index in [2.05, 4.69) is 20.5 Å². The lowest BCUT2D eigenvalue weighted by atomic mass is 10.0. The van der Waals surface area contributed by atoms with Crippen LogP contribution in [-0.4, -0.2) is 29.7 Å².